The minimum Gasteiger partial charge on any atom is -0.462 e. The van der Waals surface area contributed by atoms with Crippen molar-refractivity contribution >= 4 is 39.5 Å². The van der Waals surface area contributed by atoms with E-state index in [9.17, 15) is 43.2 Å². The smallest absolute Gasteiger partial charge is 0.462 e. The lowest BCUT2D eigenvalue weighted by Gasteiger charge is -2.21. The van der Waals surface area contributed by atoms with Crippen LogP contribution >= 0.6 is 15.6 Å². The van der Waals surface area contributed by atoms with Crippen molar-refractivity contribution in [3.8, 4) is 0 Å². The van der Waals surface area contributed by atoms with Crippen molar-refractivity contribution in [2.24, 2.45) is 17.8 Å². The van der Waals surface area contributed by atoms with Crippen LogP contribution in [0.4, 0.5) is 0 Å². The largest absolute Gasteiger partial charge is 0.472 e. The summed E-state index contributed by atoms with van der Waals surface area (Å²) in [5.74, 6) is 0.256. The van der Waals surface area contributed by atoms with E-state index in [0.29, 0.717) is 31.6 Å². The van der Waals surface area contributed by atoms with Gasteiger partial charge < -0.3 is 33.8 Å². The van der Waals surface area contributed by atoms with Crippen molar-refractivity contribution in [3.05, 3.63) is 0 Å². The Balaban J connectivity index is 5.21. The number of aliphatic hydroxyl groups is 1. The second-order valence-corrected chi connectivity index (χ2v) is 33.3. The number of phosphoric ester groups is 2. The highest BCUT2D eigenvalue weighted by atomic mass is 31.2. The highest BCUT2D eigenvalue weighted by Crippen LogP contribution is 2.45. The Morgan fingerprint density at radius 1 is 0.290 bits per heavy atom. The van der Waals surface area contributed by atoms with Crippen LogP contribution in [0.15, 0.2) is 0 Å². The Labute approximate surface area is 613 Å². The first-order valence-corrected chi connectivity index (χ1v) is 44.9. The number of ether oxygens (including phenoxy) is 4. The van der Waals surface area contributed by atoms with E-state index < -0.39 is 97.5 Å². The number of esters is 4. The number of aliphatic hydroxyl groups excluding tert-OH is 1. The van der Waals surface area contributed by atoms with Gasteiger partial charge in [-0.3, -0.25) is 37.3 Å². The Morgan fingerprint density at radius 2 is 0.510 bits per heavy atom. The molecule has 19 heteroatoms. The first-order valence-electron chi connectivity index (χ1n) is 41.9. The molecular formula is C81H158O17P2. The van der Waals surface area contributed by atoms with Crippen molar-refractivity contribution in [2.75, 3.05) is 39.6 Å². The van der Waals surface area contributed by atoms with Crippen LogP contribution in [0, 0.1) is 17.8 Å². The molecule has 0 rings (SSSR count). The maximum absolute atomic E-state index is 13.1. The van der Waals surface area contributed by atoms with Gasteiger partial charge >= 0.3 is 39.5 Å². The number of carbonyl (C=O) groups is 4. The molecule has 0 fully saturated rings. The van der Waals surface area contributed by atoms with Crippen LogP contribution in [-0.4, -0.2) is 96.7 Å². The van der Waals surface area contributed by atoms with Crippen LogP contribution in [-0.2, 0) is 65.4 Å². The molecule has 0 aliphatic rings. The minimum atomic E-state index is -4.96. The van der Waals surface area contributed by atoms with Gasteiger partial charge in [0, 0.05) is 25.7 Å². The fourth-order valence-electron chi connectivity index (χ4n) is 12.5. The van der Waals surface area contributed by atoms with Gasteiger partial charge in [0.05, 0.1) is 26.4 Å². The number of phosphoric acid groups is 2. The van der Waals surface area contributed by atoms with Gasteiger partial charge in [-0.1, -0.05) is 370 Å². The zero-order valence-corrected chi connectivity index (χ0v) is 67.5. The molecule has 0 aromatic heterocycles. The van der Waals surface area contributed by atoms with E-state index in [1.807, 2.05) is 0 Å². The molecule has 0 heterocycles. The molecule has 3 unspecified atom stereocenters. The van der Waals surface area contributed by atoms with Gasteiger partial charge in [-0.05, 0) is 43.4 Å². The highest BCUT2D eigenvalue weighted by molar-refractivity contribution is 7.47. The quantitative estimate of drug-likeness (QED) is 0.0222. The Morgan fingerprint density at radius 3 is 0.760 bits per heavy atom. The molecule has 0 aromatic carbocycles. The summed E-state index contributed by atoms with van der Waals surface area (Å²) in [6.45, 7) is 12.0. The molecule has 0 radical (unpaired) electrons. The maximum Gasteiger partial charge on any atom is 0.472 e. The van der Waals surface area contributed by atoms with E-state index in [0.717, 1.165) is 108 Å². The molecule has 0 aliphatic carbocycles. The van der Waals surface area contributed by atoms with Crippen molar-refractivity contribution in [1.82, 2.24) is 0 Å². The first kappa shape index (κ1) is 98.1. The van der Waals surface area contributed by atoms with Crippen LogP contribution in [0.3, 0.4) is 0 Å². The molecule has 6 atom stereocenters. The number of hydrogen-bond donors (Lipinski definition) is 3. The lowest BCUT2D eigenvalue weighted by molar-refractivity contribution is -0.161. The summed E-state index contributed by atoms with van der Waals surface area (Å²) in [5, 5.41) is 10.6. The summed E-state index contributed by atoms with van der Waals surface area (Å²) in [6.07, 6.45) is 59.7. The third kappa shape index (κ3) is 73.0. The van der Waals surface area contributed by atoms with E-state index in [1.54, 1.807) is 0 Å². The molecule has 0 spiro atoms. The fraction of sp³-hybridized carbons (Fsp3) is 0.951. The average molecular weight is 1470 g/mol. The summed E-state index contributed by atoms with van der Waals surface area (Å²) < 4.78 is 68.7. The summed E-state index contributed by atoms with van der Waals surface area (Å²) in [4.78, 5) is 73.0. The van der Waals surface area contributed by atoms with Crippen LogP contribution in [0.1, 0.15) is 421 Å². The highest BCUT2D eigenvalue weighted by Gasteiger charge is 2.30. The number of rotatable bonds is 79. The molecule has 0 saturated carbocycles. The van der Waals surface area contributed by atoms with Crippen LogP contribution in [0.5, 0.6) is 0 Å². The van der Waals surface area contributed by atoms with Crippen LogP contribution in [0.2, 0.25) is 0 Å². The second kappa shape index (κ2) is 71.3. The van der Waals surface area contributed by atoms with Crippen molar-refractivity contribution in [1.29, 1.82) is 0 Å². The first-order chi connectivity index (χ1) is 48.3. The molecule has 0 aromatic rings. The topological polar surface area (TPSA) is 237 Å². The Bertz CT molecular complexity index is 1940. The zero-order valence-electron chi connectivity index (χ0n) is 65.7. The van der Waals surface area contributed by atoms with E-state index >= 15 is 0 Å². The van der Waals surface area contributed by atoms with Crippen LogP contribution in [0.25, 0.3) is 0 Å². The normalized spacial score (nSPS) is 14.2. The monoisotopic (exact) mass is 1470 g/mol. The van der Waals surface area contributed by atoms with Gasteiger partial charge in [-0.25, -0.2) is 9.13 Å². The third-order valence-electron chi connectivity index (χ3n) is 19.2. The van der Waals surface area contributed by atoms with Crippen LogP contribution < -0.4 is 0 Å². The van der Waals surface area contributed by atoms with Crippen molar-refractivity contribution in [3.63, 3.8) is 0 Å². The molecule has 0 bridgehead atoms. The van der Waals surface area contributed by atoms with Gasteiger partial charge in [-0.2, -0.15) is 0 Å². The predicted molar refractivity (Wildman–Crippen MR) is 409 cm³/mol. The van der Waals surface area contributed by atoms with Crippen molar-refractivity contribution in [2.45, 2.75) is 439 Å². The minimum absolute atomic E-state index is 0.107. The number of unbranched alkanes of at least 4 members (excludes halogenated alkanes) is 46. The fourth-order valence-corrected chi connectivity index (χ4v) is 14.0. The molecule has 0 saturated heterocycles. The summed E-state index contributed by atoms with van der Waals surface area (Å²) in [5.41, 5.74) is 0. The molecule has 17 nitrogen and oxygen atoms in total. The van der Waals surface area contributed by atoms with Crippen molar-refractivity contribution < 1.29 is 80.2 Å². The maximum atomic E-state index is 13.1. The molecule has 0 amide bonds. The Hall–Kier alpha value is -1.94. The van der Waals surface area contributed by atoms with Gasteiger partial charge in [0.15, 0.2) is 12.2 Å². The van der Waals surface area contributed by atoms with E-state index in [2.05, 4.69) is 48.5 Å². The zero-order chi connectivity index (χ0) is 73.7. The summed E-state index contributed by atoms with van der Waals surface area (Å²) in [6, 6.07) is 0. The number of carbonyl (C=O) groups excluding carboxylic acids is 4. The standard InChI is InChI=1S/C81H158O17P2/c1-8-10-11-12-13-14-15-29-35-42-50-57-64-80(85)98-77(69-92-79(84)63-56-49-44-37-39-46-53-60-73(5)6)71-96-100(89,90)94-67-75(82)66-93-99(87,88)95-70-76(68-91-78(83)62-55-48-41-34-30-26-22-23-27-32-38-45-52-59-72(3)4)97-81(86)65-58-51-43-36-31-25-21-19-17-16-18-20-24-28-33-40-47-54-61-74(7)9-2/h72-77,82H,8-71H2,1-7H3,(H,87,88)(H,89,90)/t74?,75-,76-,77-/m1/s1. The second-order valence-electron chi connectivity index (χ2n) is 30.4. The van der Waals surface area contributed by atoms with Gasteiger partial charge in [0.25, 0.3) is 0 Å². The lowest BCUT2D eigenvalue weighted by atomic mass is 9.99. The molecular weight excluding hydrogens is 1310 g/mol. The summed E-state index contributed by atoms with van der Waals surface area (Å²) >= 11 is 0. The lowest BCUT2D eigenvalue weighted by Crippen LogP contribution is -2.30. The summed E-state index contributed by atoms with van der Waals surface area (Å²) in [7, 11) is -9.92. The molecule has 0 aliphatic heterocycles. The predicted octanol–water partition coefficient (Wildman–Crippen LogP) is 24.1. The molecule has 3 N–H and O–H groups in total. The Kier molecular flexibility index (Phi) is 69.9. The number of hydrogen-bond acceptors (Lipinski definition) is 15. The van der Waals surface area contributed by atoms with Gasteiger partial charge in [0.2, 0.25) is 0 Å². The van der Waals surface area contributed by atoms with Gasteiger partial charge in [-0.15, -0.1) is 0 Å². The van der Waals surface area contributed by atoms with E-state index in [4.69, 9.17) is 37.0 Å². The SMILES string of the molecule is CCCCCCCCCCCCCCC(=O)O[C@H](COC(=O)CCCCCCCCCC(C)C)COP(=O)(O)OC[C@H](O)COP(=O)(O)OC[C@@H](COC(=O)CCCCCCCCCCCCCCCC(C)C)OC(=O)CCCCCCCCCCCCCCCCCCCCC(C)CC. The third-order valence-corrected chi connectivity index (χ3v) is 21.1. The molecule has 100 heavy (non-hydrogen) atoms. The average Bonchev–Trinajstić information content (AvgIpc) is 0.943. The van der Waals surface area contributed by atoms with Gasteiger partial charge in [0.1, 0.15) is 19.3 Å². The molecule has 594 valence electrons. The van der Waals surface area contributed by atoms with E-state index in [1.165, 1.54) is 225 Å². The van der Waals surface area contributed by atoms with E-state index in [-0.39, 0.29) is 25.7 Å².